The van der Waals surface area contributed by atoms with Crippen LogP contribution in [-0.2, 0) is 23.1 Å². The molecule has 0 aliphatic carbocycles. The fraction of sp³-hybridized carbons (Fsp3) is 0.750. The van der Waals surface area contributed by atoms with Crippen molar-refractivity contribution in [3.05, 3.63) is 18.0 Å². The third-order valence-corrected chi connectivity index (χ3v) is 3.50. The zero-order valence-electron chi connectivity index (χ0n) is 12.1. The number of nitrogens with zero attached hydrogens (tertiary/aromatic N) is 2. The summed E-state index contributed by atoms with van der Waals surface area (Å²) < 4.78 is 27.0. The molecule has 0 unspecified atom stereocenters. The Bertz CT molecular complexity index is 494. The van der Waals surface area contributed by atoms with Crippen LogP contribution in [0.1, 0.15) is 32.9 Å². The fourth-order valence-electron chi connectivity index (χ4n) is 1.96. The van der Waals surface area contributed by atoms with Gasteiger partial charge in [0.05, 0.1) is 11.9 Å². The molecule has 0 radical (unpaired) electrons. The fourth-order valence-corrected chi connectivity index (χ4v) is 3.04. The lowest BCUT2D eigenvalue weighted by molar-refractivity contribution is 0.415. The van der Waals surface area contributed by atoms with E-state index >= 15 is 0 Å². The maximum Gasteiger partial charge on any atom is 0.209 e. The topological polar surface area (TPSA) is 76.0 Å². The third kappa shape index (κ3) is 6.17. The molecule has 0 bridgehead atoms. The predicted molar refractivity (Wildman–Crippen MR) is 76.3 cm³/mol. The van der Waals surface area contributed by atoms with E-state index in [-0.39, 0.29) is 0 Å². The van der Waals surface area contributed by atoms with Crippen molar-refractivity contribution in [2.45, 2.75) is 45.8 Å². The molecular formula is C12H24N4O2S. The molecule has 1 heterocycles. The molecule has 0 fully saturated rings. The Labute approximate surface area is 115 Å². The molecule has 1 aromatic heterocycles. The summed E-state index contributed by atoms with van der Waals surface area (Å²) in [4.78, 5) is 0. The van der Waals surface area contributed by atoms with Crippen molar-refractivity contribution < 1.29 is 8.42 Å². The van der Waals surface area contributed by atoms with Crippen LogP contribution in [0.4, 0.5) is 0 Å². The van der Waals surface area contributed by atoms with Gasteiger partial charge in [0, 0.05) is 31.4 Å². The molecule has 0 aliphatic rings. The summed E-state index contributed by atoms with van der Waals surface area (Å²) in [5.74, 6) is 0. The van der Waals surface area contributed by atoms with Crippen molar-refractivity contribution >= 4 is 10.0 Å². The third-order valence-electron chi connectivity index (χ3n) is 2.57. The molecule has 6 nitrogen and oxygen atoms in total. The summed E-state index contributed by atoms with van der Waals surface area (Å²) in [6.45, 7) is 7.94. The number of aromatic nitrogens is 2. The van der Waals surface area contributed by atoms with Gasteiger partial charge < -0.3 is 5.32 Å². The summed E-state index contributed by atoms with van der Waals surface area (Å²) in [7, 11) is -3.19. The molecule has 1 aromatic rings. The standard InChI is InChI=1S/C12H24N4O2S/c1-5-8-16-11(6-7-14-16)9-13-10-12(2,3)15-19(4,17)18/h6-7,13,15H,5,8-10H2,1-4H3. The first-order chi connectivity index (χ1) is 8.73. The maximum atomic E-state index is 11.2. The number of aryl methyl sites for hydroxylation is 1. The molecule has 0 aromatic carbocycles. The minimum absolute atomic E-state index is 0.511. The average molecular weight is 288 g/mol. The molecule has 19 heavy (non-hydrogen) atoms. The van der Waals surface area contributed by atoms with Gasteiger partial charge in [-0.3, -0.25) is 4.68 Å². The van der Waals surface area contributed by atoms with Gasteiger partial charge in [0.25, 0.3) is 0 Å². The predicted octanol–water partition coefficient (Wildman–Crippen LogP) is 0.711. The zero-order chi connectivity index (χ0) is 14.5. The van der Waals surface area contributed by atoms with Gasteiger partial charge in [-0.25, -0.2) is 13.1 Å². The monoisotopic (exact) mass is 288 g/mol. The van der Waals surface area contributed by atoms with Gasteiger partial charge in [0.2, 0.25) is 10.0 Å². The molecule has 0 atom stereocenters. The van der Waals surface area contributed by atoms with Crippen molar-refractivity contribution in [3.8, 4) is 0 Å². The van der Waals surface area contributed by atoms with Crippen molar-refractivity contribution in [3.63, 3.8) is 0 Å². The highest BCUT2D eigenvalue weighted by molar-refractivity contribution is 7.88. The largest absolute Gasteiger partial charge is 0.309 e. The van der Waals surface area contributed by atoms with Gasteiger partial charge in [-0.05, 0) is 26.3 Å². The van der Waals surface area contributed by atoms with Crippen LogP contribution >= 0.6 is 0 Å². The summed E-state index contributed by atoms with van der Waals surface area (Å²) in [6, 6.07) is 1.97. The van der Waals surface area contributed by atoms with Crippen LogP contribution in [-0.4, -0.2) is 36.5 Å². The number of hydrogen-bond donors (Lipinski definition) is 2. The van der Waals surface area contributed by atoms with E-state index < -0.39 is 15.6 Å². The van der Waals surface area contributed by atoms with Crippen LogP contribution in [0.15, 0.2) is 12.3 Å². The summed E-state index contributed by atoms with van der Waals surface area (Å²) >= 11 is 0. The highest BCUT2D eigenvalue weighted by Gasteiger charge is 2.21. The Kier molecular flexibility index (Phi) is 5.51. The number of sulfonamides is 1. The highest BCUT2D eigenvalue weighted by atomic mass is 32.2. The van der Waals surface area contributed by atoms with Gasteiger partial charge in [-0.15, -0.1) is 0 Å². The van der Waals surface area contributed by atoms with Crippen molar-refractivity contribution in [1.82, 2.24) is 19.8 Å². The van der Waals surface area contributed by atoms with Crippen molar-refractivity contribution in [2.75, 3.05) is 12.8 Å². The number of hydrogen-bond acceptors (Lipinski definition) is 4. The lowest BCUT2D eigenvalue weighted by atomic mass is 10.1. The van der Waals surface area contributed by atoms with Crippen molar-refractivity contribution in [1.29, 1.82) is 0 Å². The van der Waals surface area contributed by atoms with E-state index in [1.807, 2.05) is 24.6 Å². The molecule has 7 heteroatoms. The minimum atomic E-state index is -3.19. The Hall–Kier alpha value is -0.920. The molecule has 110 valence electrons. The van der Waals surface area contributed by atoms with E-state index in [0.29, 0.717) is 13.1 Å². The van der Waals surface area contributed by atoms with E-state index in [1.54, 1.807) is 6.20 Å². The SMILES string of the molecule is CCCn1nccc1CNCC(C)(C)NS(C)(=O)=O. The molecule has 2 N–H and O–H groups in total. The van der Waals surface area contributed by atoms with Gasteiger partial charge in [0.15, 0.2) is 0 Å². The van der Waals surface area contributed by atoms with Crippen LogP contribution in [0.3, 0.4) is 0 Å². The normalized spacial score (nSPS) is 12.8. The molecule has 0 amide bonds. The van der Waals surface area contributed by atoms with Gasteiger partial charge >= 0.3 is 0 Å². The van der Waals surface area contributed by atoms with Crippen LogP contribution < -0.4 is 10.0 Å². The Morgan fingerprint density at radius 2 is 2.11 bits per heavy atom. The Morgan fingerprint density at radius 3 is 2.68 bits per heavy atom. The first-order valence-corrected chi connectivity index (χ1v) is 8.33. The molecule has 1 rings (SSSR count). The maximum absolute atomic E-state index is 11.2. The first-order valence-electron chi connectivity index (χ1n) is 6.44. The van der Waals surface area contributed by atoms with Crippen LogP contribution in [0.25, 0.3) is 0 Å². The van der Waals surface area contributed by atoms with Gasteiger partial charge in [-0.1, -0.05) is 6.92 Å². The molecule has 0 saturated carbocycles. The highest BCUT2D eigenvalue weighted by Crippen LogP contribution is 2.04. The summed E-state index contributed by atoms with van der Waals surface area (Å²) in [5, 5.41) is 7.51. The van der Waals surface area contributed by atoms with Crippen molar-refractivity contribution in [2.24, 2.45) is 0 Å². The number of rotatable bonds is 8. The lowest BCUT2D eigenvalue weighted by Gasteiger charge is -2.25. The average Bonchev–Trinajstić information content (AvgIpc) is 2.62. The minimum Gasteiger partial charge on any atom is -0.309 e. The quantitative estimate of drug-likeness (QED) is 0.739. The van der Waals surface area contributed by atoms with E-state index in [4.69, 9.17) is 0 Å². The Morgan fingerprint density at radius 1 is 1.42 bits per heavy atom. The second kappa shape index (κ2) is 6.49. The summed E-state index contributed by atoms with van der Waals surface area (Å²) in [6.07, 6.45) is 3.99. The lowest BCUT2D eigenvalue weighted by Crippen LogP contribution is -2.49. The smallest absolute Gasteiger partial charge is 0.209 e. The number of nitrogens with one attached hydrogen (secondary N) is 2. The van der Waals surface area contributed by atoms with E-state index in [1.165, 1.54) is 6.26 Å². The van der Waals surface area contributed by atoms with Crippen LogP contribution in [0.5, 0.6) is 0 Å². The zero-order valence-corrected chi connectivity index (χ0v) is 12.9. The summed E-state index contributed by atoms with van der Waals surface area (Å²) in [5.41, 5.74) is 0.598. The van der Waals surface area contributed by atoms with Crippen LogP contribution in [0, 0.1) is 0 Å². The molecule has 0 saturated heterocycles. The van der Waals surface area contributed by atoms with E-state index in [2.05, 4.69) is 22.1 Å². The van der Waals surface area contributed by atoms with Gasteiger partial charge in [0.1, 0.15) is 0 Å². The first kappa shape index (κ1) is 16.1. The molecular weight excluding hydrogens is 264 g/mol. The second-order valence-corrected chi connectivity index (χ2v) is 7.16. The van der Waals surface area contributed by atoms with E-state index in [9.17, 15) is 8.42 Å². The van der Waals surface area contributed by atoms with E-state index in [0.717, 1.165) is 18.7 Å². The second-order valence-electron chi connectivity index (χ2n) is 5.41. The van der Waals surface area contributed by atoms with Gasteiger partial charge in [-0.2, -0.15) is 5.10 Å². The molecule has 0 spiro atoms. The Balaban J connectivity index is 2.47. The van der Waals surface area contributed by atoms with Crippen LogP contribution in [0.2, 0.25) is 0 Å². The molecule has 0 aliphatic heterocycles.